The molecule has 1 heterocycles. The molecule has 5 heteroatoms. The van der Waals surface area contributed by atoms with Crippen molar-refractivity contribution in [1.29, 1.82) is 0 Å². The van der Waals surface area contributed by atoms with E-state index >= 15 is 0 Å². The Balaban J connectivity index is 1.97. The Morgan fingerprint density at radius 2 is 1.95 bits per heavy atom. The van der Waals surface area contributed by atoms with Gasteiger partial charge in [0.1, 0.15) is 0 Å². The smallest absolute Gasteiger partial charge is 0.307 e. The van der Waals surface area contributed by atoms with E-state index in [0.29, 0.717) is 6.04 Å². The van der Waals surface area contributed by atoms with Gasteiger partial charge in [-0.2, -0.15) is 24.9 Å². The summed E-state index contributed by atoms with van der Waals surface area (Å²) in [5.41, 5.74) is 0.320. The number of halogens is 3. The van der Waals surface area contributed by atoms with E-state index in [1.807, 2.05) is 18.7 Å². The molecule has 1 fully saturated rings. The predicted molar refractivity (Wildman–Crippen MR) is 73.3 cm³/mol. The van der Waals surface area contributed by atoms with Gasteiger partial charge in [0.25, 0.3) is 0 Å². The van der Waals surface area contributed by atoms with Crippen LogP contribution in [-0.4, -0.2) is 17.5 Å². The summed E-state index contributed by atoms with van der Waals surface area (Å²) in [4.78, 5) is 0. The van der Waals surface area contributed by atoms with E-state index in [2.05, 4.69) is 5.32 Å². The number of alkyl halides is 3. The molecule has 0 amide bonds. The standard InChI is InChI=1S/C14H18F3NS/c1-10(18-13-3-2-8-19-9-13)11-4-6-12(7-5-11)14(15,16)17/h4-7,10,13,18H,2-3,8-9H2,1H3. The molecule has 0 bridgehead atoms. The summed E-state index contributed by atoms with van der Waals surface area (Å²) in [6.45, 7) is 2.00. The van der Waals surface area contributed by atoms with Crippen LogP contribution >= 0.6 is 11.8 Å². The van der Waals surface area contributed by atoms with Crippen molar-refractivity contribution in [3.8, 4) is 0 Å². The van der Waals surface area contributed by atoms with Crippen molar-refractivity contribution >= 4 is 11.8 Å². The topological polar surface area (TPSA) is 12.0 Å². The van der Waals surface area contributed by atoms with E-state index in [4.69, 9.17) is 0 Å². The van der Waals surface area contributed by atoms with Gasteiger partial charge in [0.15, 0.2) is 0 Å². The van der Waals surface area contributed by atoms with Gasteiger partial charge < -0.3 is 5.32 Å². The van der Waals surface area contributed by atoms with E-state index in [1.54, 1.807) is 12.1 Å². The largest absolute Gasteiger partial charge is 0.416 e. The van der Waals surface area contributed by atoms with Crippen LogP contribution in [0.4, 0.5) is 13.2 Å². The fourth-order valence-corrected chi connectivity index (χ4v) is 3.37. The molecule has 0 saturated carbocycles. The van der Waals surface area contributed by atoms with Crippen LogP contribution in [0, 0.1) is 0 Å². The second kappa shape index (κ2) is 6.18. The molecule has 1 aromatic carbocycles. The molecule has 1 saturated heterocycles. The number of hydrogen-bond acceptors (Lipinski definition) is 2. The molecule has 19 heavy (non-hydrogen) atoms. The van der Waals surface area contributed by atoms with Gasteiger partial charge in [-0.3, -0.25) is 0 Å². The minimum atomic E-state index is -4.25. The van der Waals surface area contributed by atoms with E-state index in [0.717, 1.165) is 29.9 Å². The van der Waals surface area contributed by atoms with Crippen molar-refractivity contribution in [3.63, 3.8) is 0 Å². The molecule has 1 aromatic rings. The van der Waals surface area contributed by atoms with E-state index in [-0.39, 0.29) is 6.04 Å². The van der Waals surface area contributed by atoms with Gasteiger partial charge in [0.05, 0.1) is 5.56 Å². The monoisotopic (exact) mass is 289 g/mol. The molecule has 0 aromatic heterocycles. The molecule has 0 aliphatic carbocycles. The van der Waals surface area contributed by atoms with Crippen LogP contribution in [0.15, 0.2) is 24.3 Å². The lowest BCUT2D eigenvalue weighted by Gasteiger charge is -2.26. The average Bonchev–Trinajstić information content (AvgIpc) is 2.39. The molecule has 1 N–H and O–H groups in total. The molecule has 0 spiro atoms. The van der Waals surface area contributed by atoms with Crippen molar-refractivity contribution in [2.45, 2.75) is 38.0 Å². The first-order valence-electron chi connectivity index (χ1n) is 6.48. The highest BCUT2D eigenvalue weighted by molar-refractivity contribution is 7.99. The zero-order valence-corrected chi connectivity index (χ0v) is 11.7. The third-order valence-corrected chi connectivity index (χ3v) is 4.60. The first-order valence-corrected chi connectivity index (χ1v) is 7.63. The van der Waals surface area contributed by atoms with Crippen molar-refractivity contribution in [1.82, 2.24) is 5.32 Å². The summed E-state index contributed by atoms with van der Waals surface area (Å²) >= 11 is 1.93. The first kappa shape index (κ1) is 14.7. The molecular formula is C14H18F3NS. The van der Waals surface area contributed by atoms with Gasteiger partial charge in [0, 0.05) is 17.8 Å². The highest BCUT2D eigenvalue weighted by Crippen LogP contribution is 2.30. The molecule has 106 valence electrons. The predicted octanol–water partition coefficient (Wildman–Crippen LogP) is 4.25. The van der Waals surface area contributed by atoms with Crippen LogP contribution in [0.1, 0.15) is 36.9 Å². The molecule has 2 unspecified atom stereocenters. The minimum Gasteiger partial charge on any atom is -0.307 e. The normalized spacial score (nSPS) is 22.2. The highest BCUT2D eigenvalue weighted by atomic mass is 32.2. The fraction of sp³-hybridized carbons (Fsp3) is 0.571. The number of rotatable bonds is 3. The number of hydrogen-bond donors (Lipinski definition) is 1. The van der Waals surface area contributed by atoms with E-state index < -0.39 is 11.7 Å². The van der Waals surface area contributed by atoms with Crippen LogP contribution in [0.2, 0.25) is 0 Å². The van der Waals surface area contributed by atoms with Crippen LogP contribution in [0.5, 0.6) is 0 Å². The Bertz CT molecular complexity index is 396. The van der Waals surface area contributed by atoms with Crippen LogP contribution in [-0.2, 0) is 6.18 Å². The van der Waals surface area contributed by atoms with Crippen LogP contribution < -0.4 is 5.32 Å². The van der Waals surface area contributed by atoms with Crippen molar-refractivity contribution in [3.05, 3.63) is 35.4 Å². The van der Waals surface area contributed by atoms with Gasteiger partial charge >= 0.3 is 6.18 Å². The Morgan fingerprint density at radius 1 is 1.26 bits per heavy atom. The maximum Gasteiger partial charge on any atom is 0.416 e. The summed E-state index contributed by atoms with van der Waals surface area (Å²) in [7, 11) is 0. The van der Waals surface area contributed by atoms with Crippen molar-refractivity contribution in [2.75, 3.05) is 11.5 Å². The molecule has 1 aliphatic rings. The SMILES string of the molecule is CC(NC1CCCSC1)c1ccc(C(F)(F)F)cc1. The van der Waals surface area contributed by atoms with E-state index in [1.165, 1.54) is 12.2 Å². The number of nitrogens with one attached hydrogen (secondary N) is 1. The molecule has 0 radical (unpaired) electrons. The van der Waals surface area contributed by atoms with Gasteiger partial charge in [-0.25, -0.2) is 0 Å². The molecular weight excluding hydrogens is 271 g/mol. The van der Waals surface area contributed by atoms with Crippen LogP contribution in [0.25, 0.3) is 0 Å². The average molecular weight is 289 g/mol. The Labute approximate surface area is 116 Å². The maximum absolute atomic E-state index is 12.5. The number of benzene rings is 1. The Hall–Kier alpha value is -0.680. The quantitative estimate of drug-likeness (QED) is 0.892. The third-order valence-electron chi connectivity index (χ3n) is 3.38. The zero-order valence-electron chi connectivity index (χ0n) is 10.8. The lowest BCUT2D eigenvalue weighted by molar-refractivity contribution is -0.137. The summed E-state index contributed by atoms with van der Waals surface area (Å²) in [5.74, 6) is 2.30. The Morgan fingerprint density at radius 3 is 2.47 bits per heavy atom. The maximum atomic E-state index is 12.5. The summed E-state index contributed by atoms with van der Waals surface area (Å²) in [6.07, 6.45) is -1.89. The fourth-order valence-electron chi connectivity index (χ4n) is 2.28. The lowest BCUT2D eigenvalue weighted by atomic mass is 10.0. The van der Waals surface area contributed by atoms with Crippen molar-refractivity contribution < 1.29 is 13.2 Å². The van der Waals surface area contributed by atoms with Gasteiger partial charge in [-0.15, -0.1) is 0 Å². The Kier molecular flexibility index (Phi) is 4.79. The second-order valence-corrected chi connectivity index (χ2v) is 6.07. The lowest BCUT2D eigenvalue weighted by Crippen LogP contribution is -2.35. The summed E-state index contributed by atoms with van der Waals surface area (Å²) in [5, 5.41) is 3.49. The second-order valence-electron chi connectivity index (χ2n) is 4.92. The molecule has 2 rings (SSSR count). The van der Waals surface area contributed by atoms with Crippen molar-refractivity contribution in [2.24, 2.45) is 0 Å². The highest BCUT2D eigenvalue weighted by Gasteiger charge is 2.30. The molecule has 2 atom stereocenters. The van der Waals surface area contributed by atoms with E-state index in [9.17, 15) is 13.2 Å². The zero-order chi connectivity index (χ0) is 13.9. The molecule has 1 aliphatic heterocycles. The van der Waals surface area contributed by atoms with Gasteiger partial charge in [-0.05, 0) is 43.2 Å². The minimum absolute atomic E-state index is 0.0889. The van der Waals surface area contributed by atoms with Gasteiger partial charge in [0.2, 0.25) is 0 Å². The number of thioether (sulfide) groups is 1. The van der Waals surface area contributed by atoms with Gasteiger partial charge in [-0.1, -0.05) is 12.1 Å². The summed E-state index contributed by atoms with van der Waals surface area (Å²) in [6, 6.07) is 6.00. The molecule has 1 nitrogen and oxygen atoms in total. The third kappa shape index (κ3) is 4.14. The first-order chi connectivity index (χ1) is 8.97. The van der Waals surface area contributed by atoms with Crippen LogP contribution in [0.3, 0.4) is 0 Å². The summed E-state index contributed by atoms with van der Waals surface area (Å²) < 4.78 is 37.4.